The maximum atomic E-state index is 5.30. The summed E-state index contributed by atoms with van der Waals surface area (Å²) in [5, 5.41) is 4.78. The Hall–Kier alpha value is -0.681. The molecule has 0 aromatic carbocycles. The summed E-state index contributed by atoms with van der Waals surface area (Å²) in [6.45, 7) is 6.20. The van der Waals surface area contributed by atoms with Gasteiger partial charge in [0.25, 0.3) is 0 Å². The summed E-state index contributed by atoms with van der Waals surface area (Å²) in [5.74, 6) is 0. The zero-order valence-corrected chi connectivity index (χ0v) is 14.2. The number of hydrazone groups is 1. The van der Waals surface area contributed by atoms with Gasteiger partial charge in [0, 0.05) is 19.3 Å². The molecule has 1 aromatic rings. The Bertz CT molecular complexity index is 383. The van der Waals surface area contributed by atoms with Crippen molar-refractivity contribution in [2.45, 2.75) is 26.7 Å². The van der Waals surface area contributed by atoms with Crippen LogP contribution in [-0.2, 0) is 15.1 Å². The van der Waals surface area contributed by atoms with Gasteiger partial charge in [-0.15, -0.1) is 0 Å². The van der Waals surface area contributed by atoms with Crippen molar-refractivity contribution in [3.05, 3.63) is 30.1 Å². The van der Waals surface area contributed by atoms with E-state index in [0.29, 0.717) is 5.11 Å². The number of thiocarbonyl (C=S) groups is 1. The number of hydrogen-bond acceptors (Lipinski definition) is 3. The number of halogens is 1. The maximum absolute atomic E-state index is 5.30. The van der Waals surface area contributed by atoms with Gasteiger partial charge in [-0.2, -0.15) is 5.10 Å². The number of rotatable bonds is 6. The fourth-order valence-corrected chi connectivity index (χ4v) is 1.77. The second-order valence-corrected chi connectivity index (χ2v) is 4.30. The molecule has 0 saturated carbocycles. The van der Waals surface area contributed by atoms with Crippen LogP contribution in [0.15, 0.2) is 29.5 Å². The molecule has 0 saturated heterocycles. The molecule has 0 unspecified atom stereocenters. The van der Waals surface area contributed by atoms with Gasteiger partial charge in [0.05, 0.1) is 11.9 Å². The topological polar surface area (TPSA) is 40.5 Å². The molecule has 7 heteroatoms. The first-order chi connectivity index (χ1) is 9.77. The summed E-state index contributed by atoms with van der Waals surface area (Å²) in [6.07, 6.45) is 5.56. The normalized spacial score (nSPS) is 9.85. The van der Waals surface area contributed by atoms with Crippen LogP contribution >= 0.6 is 22.3 Å². The van der Waals surface area contributed by atoms with Crippen LogP contribution in [0.1, 0.15) is 32.4 Å². The molecule has 0 aliphatic rings. The van der Waals surface area contributed by atoms with Crippen LogP contribution < -0.4 is 5.43 Å². The van der Waals surface area contributed by atoms with Crippen LogP contribution in [0.4, 0.5) is 0 Å². The van der Waals surface area contributed by atoms with Crippen molar-refractivity contribution >= 4 is 33.6 Å². The third-order valence-corrected chi connectivity index (χ3v) is 2.67. The van der Waals surface area contributed by atoms with Gasteiger partial charge in [0.2, 0.25) is 0 Å². The van der Waals surface area contributed by atoms with Gasteiger partial charge in [0.1, 0.15) is 0 Å². The van der Waals surface area contributed by atoms with E-state index in [-0.39, 0.29) is 0 Å². The predicted molar refractivity (Wildman–Crippen MR) is 85.6 cm³/mol. The molecule has 0 aliphatic heterocycles. The van der Waals surface area contributed by atoms with Crippen molar-refractivity contribution in [3.8, 4) is 0 Å². The Morgan fingerprint density at radius 3 is 2.55 bits per heavy atom. The zero-order valence-electron chi connectivity index (χ0n) is 11.6. The summed E-state index contributed by atoms with van der Waals surface area (Å²) >= 11 is 8.96. The van der Waals surface area contributed by atoms with E-state index in [0.717, 1.165) is 31.6 Å². The van der Waals surface area contributed by atoms with Crippen LogP contribution in [0, 0.1) is 0 Å². The number of hydrogen-bond donors (Lipinski definition) is 1. The Labute approximate surface area is 139 Å². The fourth-order valence-electron chi connectivity index (χ4n) is 1.53. The number of aromatic nitrogens is 1. The van der Waals surface area contributed by atoms with E-state index in [2.05, 4.69) is 59.5 Å². The third-order valence-electron chi connectivity index (χ3n) is 2.32. The molecule has 0 bridgehead atoms. The van der Waals surface area contributed by atoms with E-state index in [1.54, 1.807) is 12.4 Å². The molecule has 0 amide bonds. The molecule has 115 valence electrons. The van der Waals surface area contributed by atoms with Crippen molar-refractivity contribution in [1.29, 1.82) is 0 Å². The number of nitrogens with one attached hydrogen (secondary N) is 1. The van der Waals surface area contributed by atoms with Crippen LogP contribution in [0.25, 0.3) is 0 Å². The van der Waals surface area contributed by atoms with Crippen LogP contribution in [0.2, 0.25) is 0 Å². The molecular formula is C13H20ClCuN4S+. The zero-order chi connectivity index (χ0) is 15.2. The average molecular weight is 363 g/mol. The van der Waals surface area contributed by atoms with E-state index in [4.69, 9.17) is 12.2 Å². The van der Waals surface area contributed by atoms with Crippen molar-refractivity contribution in [2.24, 2.45) is 5.10 Å². The minimum atomic E-state index is 0.672. The molecule has 1 rings (SSSR count). The average Bonchev–Trinajstić information content (AvgIpc) is 2.50. The molecule has 0 aliphatic carbocycles. The van der Waals surface area contributed by atoms with E-state index >= 15 is 0 Å². The SMILES string of the molecule is CCCN(CCC)C(=S)NN=Cc1ccccn1.[Cl][Cu+]. The van der Waals surface area contributed by atoms with Gasteiger partial charge in [-0.25, -0.2) is 0 Å². The summed E-state index contributed by atoms with van der Waals surface area (Å²) in [5.41, 5.74) is 3.70. The standard InChI is InChI=1S/C13H20N4S.ClH.Cu/c1-3-9-17(10-4-2)13(18)16-15-11-12-7-5-6-8-14-12;;/h5-8,11H,3-4,9-10H2,1-2H3,(H,16,18);1H;/q;;+2/p-1. The third kappa shape index (κ3) is 8.48. The van der Waals surface area contributed by atoms with Gasteiger partial charge in [-0.05, 0) is 37.2 Å². The summed E-state index contributed by atoms with van der Waals surface area (Å²) < 4.78 is 0. The molecule has 1 heterocycles. The first kappa shape index (κ1) is 19.3. The van der Waals surface area contributed by atoms with Crippen LogP contribution in [-0.4, -0.2) is 34.3 Å². The molecule has 0 spiro atoms. The van der Waals surface area contributed by atoms with E-state index in [1.165, 1.54) is 0 Å². The monoisotopic (exact) mass is 362 g/mol. The van der Waals surface area contributed by atoms with Crippen molar-refractivity contribution in [2.75, 3.05) is 13.1 Å². The number of nitrogens with zero attached hydrogens (tertiary/aromatic N) is 3. The summed E-state index contributed by atoms with van der Waals surface area (Å²) in [4.78, 5) is 6.28. The molecule has 0 fully saturated rings. The van der Waals surface area contributed by atoms with Crippen molar-refractivity contribution in [3.63, 3.8) is 0 Å². The van der Waals surface area contributed by atoms with Crippen molar-refractivity contribution in [1.82, 2.24) is 15.3 Å². The summed E-state index contributed by atoms with van der Waals surface area (Å²) in [6, 6.07) is 5.69. The van der Waals surface area contributed by atoms with Crippen molar-refractivity contribution < 1.29 is 15.1 Å². The Balaban J connectivity index is 0.00000172. The molecular weight excluding hydrogens is 343 g/mol. The minimum absolute atomic E-state index is 0.672. The molecule has 20 heavy (non-hydrogen) atoms. The quantitative estimate of drug-likeness (QED) is 0.365. The van der Waals surface area contributed by atoms with E-state index in [9.17, 15) is 0 Å². The first-order valence-electron chi connectivity index (χ1n) is 6.38. The Kier molecular flexibility index (Phi) is 12.9. The second kappa shape index (κ2) is 13.3. The van der Waals surface area contributed by atoms with E-state index < -0.39 is 0 Å². The molecule has 1 aromatic heterocycles. The van der Waals surface area contributed by atoms with E-state index in [1.807, 2.05) is 18.2 Å². The summed E-state index contributed by atoms with van der Waals surface area (Å²) in [7, 11) is 4.20. The van der Waals surface area contributed by atoms with Gasteiger partial charge in [0.15, 0.2) is 5.11 Å². The van der Waals surface area contributed by atoms with Gasteiger partial charge in [-0.3, -0.25) is 10.4 Å². The Morgan fingerprint density at radius 2 is 2.05 bits per heavy atom. The molecule has 1 N–H and O–H groups in total. The predicted octanol–water partition coefficient (Wildman–Crippen LogP) is 3.10. The number of pyridine rings is 1. The Morgan fingerprint density at radius 1 is 1.40 bits per heavy atom. The molecule has 0 atom stereocenters. The fraction of sp³-hybridized carbons (Fsp3) is 0.462. The molecule has 4 nitrogen and oxygen atoms in total. The van der Waals surface area contributed by atoms with Gasteiger partial charge >= 0.3 is 25.2 Å². The van der Waals surface area contributed by atoms with Crippen LogP contribution in [0.5, 0.6) is 0 Å². The van der Waals surface area contributed by atoms with Gasteiger partial charge in [-0.1, -0.05) is 19.9 Å². The second-order valence-electron chi connectivity index (χ2n) is 3.92. The van der Waals surface area contributed by atoms with Gasteiger partial charge < -0.3 is 4.90 Å². The molecule has 0 radical (unpaired) electrons. The first-order valence-corrected chi connectivity index (χ1v) is 8.08. The van der Waals surface area contributed by atoms with Crippen LogP contribution in [0.3, 0.4) is 0 Å².